The average Bonchev–Trinajstić information content (AvgIpc) is 1.93. The highest BCUT2D eigenvalue weighted by molar-refractivity contribution is 5.85. The second-order valence-electron chi connectivity index (χ2n) is 1.80. The van der Waals surface area contributed by atoms with Crippen LogP contribution in [-0.2, 0) is 0 Å². The van der Waals surface area contributed by atoms with Crippen LogP contribution in [0.4, 0.5) is 14.5 Å². The highest BCUT2D eigenvalue weighted by Gasteiger charge is 2.08. The van der Waals surface area contributed by atoms with E-state index in [-0.39, 0.29) is 18.1 Å². The van der Waals surface area contributed by atoms with E-state index in [0.29, 0.717) is 0 Å². The predicted molar refractivity (Wildman–Crippen MR) is 39.7 cm³/mol. The Labute approximate surface area is 68.0 Å². The van der Waals surface area contributed by atoms with Crippen LogP contribution in [0.1, 0.15) is 0 Å². The van der Waals surface area contributed by atoms with Crippen molar-refractivity contribution < 1.29 is 13.9 Å². The molecule has 1 rings (SSSR count). The molecule has 0 saturated carbocycles. The van der Waals surface area contributed by atoms with Crippen LogP contribution < -0.4 is 5.73 Å². The lowest BCUT2D eigenvalue weighted by atomic mass is 10.3. The van der Waals surface area contributed by atoms with Gasteiger partial charge in [0.1, 0.15) is 0 Å². The van der Waals surface area contributed by atoms with Crippen molar-refractivity contribution in [3.63, 3.8) is 0 Å². The van der Waals surface area contributed by atoms with Gasteiger partial charge in [0.15, 0.2) is 11.6 Å². The van der Waals surface area contributed by atoms with E-state index >= 15 is 0 Å². The summed E-state index contributed by atoms with van der Waals surface area (Å²) in [7, 11) is 0. The van der Waals surface area contributed by atoms with Crippen LogP contribution in [0.3, 0.4) is 0 Å². The van der Waals surface area contributed by atoms with Gasteiger partial charge in [-0.25, -0.2) is 4.39 Å². The highest BCUT2D eigenvalue weighted by Crippen LogP contribution is 2.24. The van der Waals surface area contributed by atoms with Gasteiger partial charge >= 0.3 is 0 Å². The van der Waals surface area contributed by atoms with E-state index in [2.05, 4.69) is 0 Å². The number of hydrogen-bond acceptors (Lipinski definition) is 2. The largest absolute Gasteiger partial charge is 0.503 e. The van der Waals surface area contributed by atoms with Gasteiger partial charge in [-0.3, -0.25) is 0 Å². The molecule has 0 aliphatic rings. The first kappa shape index (κ1) is 9.97. The summed E-state index contributed by atoms with van der Waals surface area (Å²) < 4.78 is 24.5. The van der Waals surface area contributed by atoms with Crippen LogP contribution in [0, 0.1) is 11.6 Å². The Hall–Kier alpha value is -1.03. The van der Waals surface area contributed by atoms with Gasteiger partial charge in [0.05, 0.1) is 5.69 Å². The van der Waals surface area contributed by atoms with Gasteiger partial charge in [-0.2, -0.15) is 4.39 Å². The zero-order chi connectivity index (χ0) is 7.72. The summed E-state index contributed by atoms with van der Waals surface area (Å²) in [6.45, 7) is 0. The van der Waals surface area contributed by atoms with Gasteiger partial charge in [0.25, 0.3) is 0 Å². The van der Waals surface area contributed by atoms with Crippen molar-refractivity contribution in [2.24, 2.45) is 0 Å². The molecule has 0 heterocycles. The van der Waals surface area contributed by atoms with E-state index in [1.807, 2.05) is 0 Å². The van der Waals surface area contributed by atoms with Crippen LogP contribution in [0.15, 0.2) is 12.1 Å². The van der Waals surface area contributed by atoms with Gasteiger partial charge in [-0.1, -0.05) is 0 Å². The molecule has 0 atom stereocenters. The lowest BCUT2D eigenvalue weighted by molar-refractivity contribution is 0.409. The fourth-order valence-electron chi connectivity index (χ4n) is 0.555. The highest BCUT2D eigenvalue weighted by atomic mass is 35.5. The van der Waals surface area contributed by atoms with Crippen molar-refractivity contribution in [1.29, 1.82) is 0 Å². The van der Waals surface area contributed by atoms with Gasteiger partial charge < -0.3 is 10.8 Å². The Balaban J connectivity index is 0.000001000. The molecular weight excluding hydrogens is 176 g/mol. The minimum absolute atomic E-state index is 0. The number of benzene rings is 1. The third-order valence-electron chi connectivity index (χ3n) is 1.10. The van der Waals surface area contributed by atoms with E-state index in [0.717, 1.165) is 12.1 Å². The van der Waals surface area contributed by atoms with Gasteiger partial charge in [0, 0.05) is 0 Å². The molecule has 0 bridgehead atoms. The average molecular weight is 182 g/mol. The van der Waals surface area contributed by atoms with Crippen molar-refractivity contribution in [2.75, 3.05) is 5.73 Å². The maximum atomic E-state index is 12.3. The van der Waals surface area contributed by atoms with Crippen molar-refractivity contribution in [3.8, 4) is 5.75 Å². The summed E-state index contributed by atoms with van der Waals surface area (Å²) in [5.74, 6) is -3.24. The molecule has 0 aromatic heterocycles. The van der Waals surface area contributed by atoms with E-state index in [4.69, 9.17) is 10.8 Å². The fraction of sp³-hybridized carbons (Fsp3) is 0. The molecule has 0 unspecified atom stereocenters. The first-order chi connectivity index (χ1) is 4.63. The normalized spacial score (nSPS) is 8.91. The number of hydrogen-bond donors (Lipinski definition) is 2. The Bertz CT molecular complexity index is 240. The molecule has 62 valence electrons. The fourth-order valence-corrected chi connectivity index (χ4v) is 0.555. The van der Waals surface area contributed by atoms with E-state index < -0.39 is 17.4 Å². The van der Waals surface area contributed by atoms with Crippen LogP contribution in [0.5, 0.6) is 5.75 Å². The quantitative estimate of drug-likeness (QED) is 0.473. The molecule has 5 heteroatoms. The van der Waals surface area contributed by atoms with Gasteiger partial charge in [0.2, 0.25) is 5.82 Å². The summed E-state index contributed by atoms with van der Waals surface area (Å²) >= 11 is 0. The van der Waals surface area contributed by atoms with Gasteiger partial charge in [-0.05, 0) is 12.1 Å². The summed E-state index contributed by atoms with van der Waals surface area (Å²) in [5, 5.41) is 8.65. The number of phenolic OH excluding ortho intramolecular Hbond substituents is 1. The van der Waals surface area contributed by atoms with Crippen molar-refractivity contribution in [1.82, 2.24) is 0 Å². The van der Waals surface area contributed by atoms with Crippen molar-refractivity contribution in [2.45, 2.75) is 0 Å². The molecule has 1 aromatic carbocycles. The lowest BCUT2D eigenvalue weighted by Crippen LogP contribution is -1.90. The maximum Gasteiger partial charge on any atom is 0.202 e. The van der Waals surface area contributed by atoms with E-state index in [1.54, 1.807) is 0 Å². The monoisotopic (exact) mass is 181 g/mol. The number of rotatable bonds is 0. The standard InChI is InChI=1S/C6H5F2NO.ClH/c7-3-1-2-4(9)6(10)5(3)8;/h1-2,10H,9H2;1H. The molecular formula is C6H6ClF2NO. The van der Waals surface area contributed by atoms with E-state index in [9.17, 15) is 8.78 Å². The molecule has 0 aliphatic carbocycles. The zero-order valence-electron chi connectivity index (χ0n) is 5.34. The molecule has 2 nitrogen and oxygen atoms in total. The summed E-state index contributed by atoms with van der Waals surface area (Å²) in [4.78, 5) is 0. The Morgan fingerprint density at radius 1 is 1.27 bits per heavy atom. The van der Waals surface area contributed by atoms with Crippen LogP contribution in [0.25, 0.3) is 0 Å². The molecule has 0 radical (unpaired) electrons. The van der Waals surface area contributed by atoms with Crippen LogP contribution in [-0.4, -0.2) is 5.11 Å². The Morgan fingerprint density at radius 2 is 1.82 bits per heavy atom. The smallest absolute Gasteiger partial charge is 0.202 e. The first-order valence-corrected chi connectivity index (χ1v) is 2.55. The second-order valence-corrected chi connectivity index (χ2v) is 1.80. The molecule has 3 N–H and O–H groups in total. The second kappa shape index (κ2) is 3.39. The number of phenols is 1. The van der Waals surface area contributed by atoms with E-state index in [1.165, 1.54) is 0 Å². The molecule has 0 saturated heterocycles. The van der Waals surface area contributed by atoms with Gasteiger partial charge in [-0.15, -0.1) is 12.4 Å². The number of aromatic hydroxyl groups is 1. The molecule has 0 aliphatic heterocycles. The number of nitrogens with two attached hydrogens (primary N) is 1. The third kappa shape index (κ3) is 1.71. The number of halogens is 3. The number of anilines is 1. The molecule has 0 fully saturated rings. The number of nitrogen functional groups attached to an aromatic ring is 1. The SMILES string of the molecule is Cl.Nc1ccc(F)c(F)c1O. The third-order valence-corrected chi connectivity index (χ3v) is 1.10. The summed E-state index contributed by atoms with van der Waals surface area (Å²) in [6, 6.07) is 1.94. The Kier molecular flexibility index (Phi) is 3.07. The predicted octanol–water partition coefficient (Wildman–Crippen LogP) is 1.67. The first-order valence-electron chi connectivity index (χ1n) is 2.55. The molecule has 0 amide bonds. The molecule has 11 heavy (non-hydrogen) atoms. The summed E-state index contributed by atoms with van der Waals surface area (Å²) in [6.07, 6.45) is 0. The minimum Gasteiger partial charge on any atom is -0.503 e. The van der Waals surface area contributed by atoms with Crippen molar-refractivity contribution >= 4 is 18.1 Å². The Morgan fingerprint density at radius 3 is 2.27 bits per heavy atom. The van der Waals surface area contributed by atoms with Crippen molar-refractivity contribution in [3.05, 3.63) is 23.8 Å². The minimum atomic E-state index is -1.31. The van der Waals surface area contributed by atoms with Crippen LogP contribution in [0.2, 0.25) is 0 Å². The summed E-state index contributed by atoms with van der Waals surface area (Å²) in [5.41, 5.74) is 4.87. The zero-order valence-corrected chi connectivity index (χ0v) is 6.16. The maximum absolute atomic E-state index is 12.3. The lowest BCUT2D eigenvalue weighted by Gasteiger charge is -1.98. The molecule has 1 aromatic rings. The molecule has 0 spiro atoms. The topological polar surface area (TPSA) is 46.2 Å². The van der Waals surface area contributed by atoms with Crippen LogP contribution >= 0.6 is 12.4 Å².